The van der Waals surface area contributed by atoms with Crippen molar-refractivity contribution in [3.63, 3.8) is 0 Å². The van der Waals surface area contributed by atoms with Crippen LogP contribution in [-0.4, -0.2) is 33.7 Å². The minimum Gasteiger partial charge on any atom is -0.481 e. The van der Waals surface area contributed by atoms with Crippen LogP contribution in [0.1, 0.15) is 32.1 Å². The number of hydrogen-bond donors (Lipinski definition) is 2. The van der Waals surface area contributed by atoms with E-state index in [0.29, 0.717) is 24.6 Å². The van der Waals surface area contributed by atoms with Crippen molar-refractivity contribution >= 4 is 23.2 Å². The van der Waals surface area contributed by atoms with E-state index < -0.39 is 11.9 Å². The molecule has 2 N–H and O–H groups in total. The molecule has 1 unspecified atom stereocenters. The average molecular weight is 337 g/mol. The molecule has 23 heavy (non-hydrogen) atoms. The molecule has 0 aliphatic heterocycles. The van der Waals surface area contributed by atoms with E-state index in [2.05, 4.69) is 15.5 Å². The van der Waals surface area contributed by atoms with Crippen molar-refractivity contribution in [2.45, 2.75) is 32.6 Å². The Balaban J connectivity index is 1.77. The number of aromatic nitrogens is 2. The van der Waals surface area contributed by atoms with Crippen LogP contribution >= 0.6 is 11.3 Å². The molecule has 2 aromatic heterocycles. The van der Waals surface area contributed by atoms with Crippen LogP contribution in [0.15, 0.2) is 21.2 Å². The topological polar surface area (TPSA) is 105 Å². The predicted molar refractivity (Wildman–Crippen MR) is 85.0 cm³/mol. The lowest BCUT2D eigenvalue weighted by Crippen LogP contribution is -2.33. The fourth-order valence-electron chi connectivity index (χ4n) is 2.06. The number of amides is 1. The Morgan fingerprint density at radius 2 is 2.26 bits per heavy atom. The maximum absolute atomic E-state index is 11.8. The Labute approximate surface area is 137 Å². The smallest absolute Gasteiger partial charge is 0.308 e. The highest BCUT2D eigenvalue weighted by Gasteiger charge is 2.17. The monoisotopic (exact) mass is 337 g/mol. The van der Waals surface area contributed by atoms with Crippen molar-refractivity contribution in [1.29, 1.82) is 0 Å². The fourth-order valence-corrected chi connectivity index (χ4v) is 2.69. The molecule has 0 saturated carbocycles. The largest absolute Gasteiger partial charge is 0.481 e. The van der Waals surface area contributed by atoms with Crippen LogP contribution in [0.5, 0.6) is 0 Å². The lowest BCUT2D eigenvalue weighted by molar-refractivity contribution is -0.141. The number of rotatable bonds is 9. The van der Waals surface area contributed by atoms with Gasteiger partial charge >= 0.3 is 5.97 Å². The number of hydrogen-bond acceptors (Lipinski definition) is 6. The van der Waals surface area contributed by atoms with E-state index in [1.165, 1.54) is 11.3 Å². The number of carbonyl (C=O) groups is 2. The molecular weight excluding hydrogens is 318 g/mol. The molecular formula is C15H19N3O4S. The Hall–Kier alpha value is -2.22. The van der Waals surface area contributed by atoms with Crippen LogP contribution in [0.2, 0.25) is 0 Å². The van der Waals surface area contributed by atoms with Crippen molar-refractivity contribution in [3.8, 4) is 11.5 Å². The quantitative estimate of drug-likeness (QED) is 0.727. The second-order valence-corrected chi connectivity index (χ2v) is 5.92. The van der Waals surface area contributed by atoms with Crippen LogP contribution in [0.25, 0.3) is 11.5 Å². The summed E-state index contributed by atoms with van der Waals surface area (Å²) in [6.07, 6.45) is 1.82. The molecule has 2 rings (SSSR count). The number of carboxylic acid groups (broad SMARTS) is 1. The van der Waals surface area contributed by atoms with E-state index in [1.807, 2.05) is 23.8 Å². The van der Waals surface area contributed by atoms with Crippen molar-refractivity contribution in [2.24, 2.45) is 5.92 Å². The zero-order valence-electron chi connectivity index (χ0n) is 12.8. The lowest BCUT2D eigenvalue weighted by atomic mass is 10.0. The van der Waals surface area contributed by atoms with Gasteiger partial charge in [-0.3, -0.25) is 9.59 Å². The van der Waals surface area contributed by atoms with Crippen LogP contribution in [0, 0.1) is 5.92 Å². The first-order valence-electron chi connectivity index (χ1n) is 7.44. The molecule has 0 saturated heterocycles. The normalized spacial score (nSPS) is 12.0. The molecule has 0 fully saturated rings. The number of carbonyl (C=O) groups excluding carboxylic acids is 1. The van der Waals surface area contributed by atoms with Gasteiger partial charge in [0.1, 0.15) is 0 Å². The van der Waals surface area contributed by atoms with E-state index in [-0.39, 0.29) is 18.9 Å². The van der Waals surface area contributed by atoms with Gasteiger partial charge in [0.05, 0.1) is 5.92 Å². The molecule has 8 heteroatoms. The molecule has 0 spiro atoms. The van der Waals surface area contributed by atoms with Gasteiger partial charge in [-0.05, 0) is 17.9 Å². The summed E-state index contributed by atoms with van der Waals surface area (Å²) in [5.74, 6) is -0.815. The van der Waals surface area contributed by atoms with Gasteiger partial charge in [0, 0.05) is 30.3 Å². The third-order valence-corrected chi connectivity index (χ3v) is 4.02. The highest BCUT2D eigenvalue weighted by atomic mass is 32.1. The first-order chi connectivity index (χ1) is 11.1. The lowest BCUT2D eigenvalue weighted by Gasteiger charge is -2.11. The Morgan fingerprint density at radius 1 is 1.43 bits per heavy atom. The van der Waals surface area contributed by atoms with Crippen molar-refractivity contribution in [2.75, 3.05) is 6.54 Å². The highest BCUT2D eigenvalue weighted by molar-refractivity contribution is 7.08. The minimum absolute atomic E-state index is 0.145. The number of thiophene rings is 1. The fraction of sp³-hybridized carbons (Fsp3) is 0.467. The minimum atomic E-state index is -0.885. The van der Waals surface area contributed by atoms with Crippen molar-refractivity contribution in [3.05, 3.63) is 22.7 Å². The molecule has 0 aliphatic carbocycles. The molecule has 2 aromatic rings. The molecule has 0 aromatic carbocycles. The van der Waals surface area contributed by atoms with Gasteiger partial charge in [-0.15, -0.1) is 10.2 Å². The summed E-state index contributed by atoms with van der Waals surface area (Å²) in [7, 11) is 0. The Morgan fingerprint density at radius 3 is 2.91 bits per heavy atom. The summed E-state index contributed by atoms with van der Waals surface area (Å²) in [4.78, 5) is 22.8. The molecule has 0 bridgehead atoms. The first kappa shape index (κ1) is 17.1. The van der Waals surface area contributed by atoms with Crippen LogP contribution in [0.4, 0.5) is 0 Å². The summed E-state index contributed by atoms with van der Waals surface area (Å²) in [6, 6.07) is 1.88. The molecule has 1 atom stereocenters. The van der Waals surface area contributed by atoms with Crippen LogP contribution in [-0.2, 0) is 16.0 Å². The molecule has 2 heterocycles. The third kappa shape index (κ3) is 5.17. The third-order valence-electron chi connectivity index (χ3n) is 3.33. The van der Waals surface area contributed by atoms with Gasteiger partial charge in [0.15, 0.2) is 0 Å². The number of carboxylic acids is 1. The van der Waals surface area contributed by atoms with Crippen LogP contribution < -0.4 is 5.32 Å². The van der Waals surface area contributed by atoms with Gasteiger partial charge in [-0.25, -0.2) is 0 Å². The molecule has 0 aliphatic rings. The van der Waals surface area contributed by atoms with Gasteiger partial charge in [-0.1, -0.05) is 13.3 Å². The molecule has 7 nitrogen and oxygen atoms in total. The molecule has 0 radical (unpaired) electrons. The van der Waals surface area contributed by atoms with E-state index in [4.69, 9.17) is 9.52 Å². The number of aryl methyl sites for hydroxylation is 1. The SMILES string of the molecule is CCCC(CNC(=O)CCc1nnc(-c2ccsc2)o1)C(=O)O. The first-order valence-corrected chi connectivity index (χ1v) is 8.39. The predicted octanol–water partition coefficient (Wildman–Crippen LogP) is 2.35. The summed E-state index contributed by atoms with van der Waals surface area (Å²) in [5.41, 5.74) is 0.863. The maximum atomic E-state index is 11.8. The van der Waals surface area contributed by atoms with E-state index >= 15 is 0 Å². The highest BCUT2D eigenvalue weighted by Crippen LogP contribution is 2.20. The van der Waals surface area contributed by atoms with Gasteiger partial charge in [-0.2, -0.15) is 11.3 Å². The average Bonchev–Trinajstić information content (AvgIpc) is 3.19. The van der Waals surface area contributed by atoms with E-state index in [0.717, 1.165) is 12.0 Å². The second-order valence-electron chi connectivity index (χ2n) is 5.14. The maximum Gasteiger partial charge on any atom is 0.308 e. The van der Waals surface area contributed by atoms with Gasteiger partial charge in [0.2, 0.25) is 17.7 Å². The summed E-state index contributed by atoms with van der Waals surface area (Å²) >= 11 is 1.54. The zero-order valence-corrected chi connectivity index (χ0v) is 13.6. The Bertz CT molecular complexity index is 639. The number of nitrogens with zero attached hydrogens (tertiary/aromatic N) is 2. The summed E-state index contributed by atoms with van der Waals surface area (Å²) < 4.78 is 5.49. The van der Waals surface area contributed by atoms with E-state index in [9.17, 15) is 9.59 Å². The summed E-state index contributed by atoms with van der Waals surface area (Å²) in [6.45, 7) is 2.06. The number of aliphatic carboxylic acids is 1. The molecule has 1 amide bonds. The van der Waals surface area contributed by atoms with Crippen molar-refractivity contribution < 1.29 is 19.1 Å². The van der Waals surface area contributed by atoms with Gasteiger partial charge in [0.25, 0.3) is 0 Å². The Kier molecular flexibility index (Phi) is 6.28. The second kappa shape index (κ2) is 8.42. The van der Waals surface area contributed by atoms with Gasteiger partial charge < -0.3 is 14.8 Å². The van der Waals surface area contributed by atoms with E-state index in [1.54, 1.807) is 0 Å². The van der Waals surface area contributed by atoms with Crippen LogP contribution in [0.3, 0.4) is 0 Å². The van der Waals surface area contributed by atoms with Crippen molar-refractivity contribution in [1.82, 2.24) is 15.5 Å². The number of nitrogens with one attached hydrogen (secondary N) is 1. The zero-order chi connectivity index (χ0) is 16.7. The molecule has 124 valence electrons. The standard InChI is InChI=1S/C15H19N3O4S/c1-2-3-10(15(20)21)8-16-12(19)4-5-13-17-18-14(22-13)11-6-7-23-9-11/h6-7,9-10H,2-5,8H2,1H3,(H,16,19)(H,20,21). The summed E-state index contributed by atoms with van der Waals surface area (Å²) in [5, 5.41) is 23.4.